The fourth-order valence-electron chi connectivity index (χ4n) is 3.21. The fourth-order valence-corrected chi connectivity index (χ4v) is 3.21. The second-order valence-corrected chi connectivity index (χ2v) is 6.39. The molecule has 3 aromatic carbocycles. The van der Waals surface area contributed by atoms with Crippen molar-refractivity contribution in [3.05, 3.63) is 88.3 Å². The van der Waals surface area contributed by atoms with Gasteiger partial charge in [-0.05, 0) is 30.5 Å². The number of aromatic hydroxyl groups is 1. The van der Waals surface area contributed by atoms with Gasteiger partial charge in [0.1, 0.15) is 5.75 Å². The fraction of sp³-hybridized carbons (Fsp3) is 0.0909. The molecule has 0 atom stereocenters. The molecule has 0 saturated heterocycles. The molecule has 0 aliphatic carbocycles. The Morgan fingerprint density at radius 3 is 2.44 bits per heavy atom. The van der Waals surface area contributed by atoms with Crippen LogP contribution in [0.25, 0.3) is 16.5 Å². The van der Waals surface area contributed by atoms with Gasteiger partial charge in [0.2, 0.25) is 0 Å². The number of rotatable bonds is 3. The highest BCUT2D eigenvalue weighted by molar-refractivity contribution is 5.97. The molecule has 0 aliphatic rings. The summed E-state index contributed by atoms with van der Waals surface area (Å²) in [6, 6.07) is 20.8. The van der Waals surface area contributed by atoms with E-state index in [1.54, 1.807) is 21.6 Å². The maximum absolute atomic E-state index is 12.9. The normalized spacial score (nSPS) is 11.5. The lowest BCUT2D eigenvalue weighted by Gasteiger charge is -2.07. The van der Waals surface area contributed by atoms with Crippen molar-refractivity contribution in [3.63, 3.8) is 0 Å². The number of aromatic nitrogens is 2. The summed E-state index contributed by atoms with van der Waals surface area (Å²) >= 11 is 0. The van der Waals surface area contributed by atoms with E-state index in [0.29, 0.717) is 11.3 Å². The third-order valence-corrected chi connectivity index (χ3v) is 4.79. The lowest BCUT2D eigenvalue weighted by atomic mass is 10.1. The van der Waals surface area contributed by atoms with Gasteiger partial charge in [-0.15, -0.1) is 0 Å². The molecular weight excluding hydrogens is 338 g/mol. The maximum Gasteiger partial charge on any atom is 0.297 e. The van der Waals surface area contributed by atoms with Crippen molar-refractivity contribution in [1.29, 1.82) is 0 Å². The van der Waals surface area contributed by atoms with E-state index >= 15 is 0 Å². The Balaban J connectivity index is 1.80. The van der Waals surface area contributed by atoms with Crippen LogP contribution < -0.4 is 5.56 Å². The number of para-hydroxylation sites is 1. The first kappa shape index (κ1) is 16.8. The van der Waals surface area contributed by atoms with Crippen LogP contribution >= 0.6 is 0 Å². The number of phenolic OH excluding ortho intramolecular Hbond substituents is 1. The van der Waals surface area contributed by atoms with E-state index in [2.05, 4.69) is 4.99 Å². The molecule has 4 rings (SSSR count). The Labute approximate surface area is 156 Å². The van der Waals surface area contributed by atoms with Gasteiger partial charge >= 0.3 is 0 Å². The van der Waals surface area contributed by atoms with Crippen molar-refractivity contribution in [2.45, 2.75) is 6.92 Å². The molecule has 0 radical (unpaired) electrons. The molecule has 5 nitrogen and oxygen atoms in total. The predicted molar refractivity (Wildman–Crippen MR) is 109 cm³/mol. The average Bonchev–Trinajstić information content (AvgIpc) is 2.91. The second kappa shape index (κ2) is 6.61. The van der Waals surface area contributed by atoms with Gasteiger partial charge in [0.15, 0.2) is 5.69 Å². The summed E-state index contributed by atoms with van der Waals surface area (Å²) in [7, 11) is 1.83. The molecule has 0 bridgehead atoms. The lowest BCUT2D eigenvalue weighted by Crippen LogP contribution is -2.19. The van der Waals surface area contributed by atoms with Crippen molar-refractivity contribution in [2.75, 3.05) is 0 Å². The summed E-state index contributed by atoms with van der Waals surface area (Å²) in [6.45, 7) is 1.85. The lowest BCUT2D eigenvalue weighted by molar-refractivity contribution is 0.481. The minimum atomic E-state index is -0.197. The predicted octanol–water partition coefficient (Wildman–Crippen LogP) is 4.09. The van der Waals surface area contributed by atoms with E-state index in [1.807, 2.05) is 74.6 Å². The van der Waals surface area contributed by atoms with Gasteiger partial charge in [0, 0.05) is 24.2 Å². The van der Waals surface area contributed by atoms with Gasteiger partial charge in [0.05, 0.1) is 11.4 Å². The molecule has 5 heteroatoms. The smallest absolute Gasteiger partial charge is 0.297 e. The van der Waals surface area contributed by atoms with E-state index in [-0.39, 0.29) is 11.3 Å². The van der Waals surface area contributed by atoms with Crippen molar-refractivity contribution >= 4 is 22.7 Å². The molecule has 1 heterocycles. The zero-order valence-corrected chi connectivity index (χ0v) is 15.1. The minimum absolute atomic E-state index is 0.161. The van der Waals surface area contributed by atoms with Crippen molar-refractivity contribution in [3.8, 4) is 11.4 Å². The van der Waals surface area contributed by atoms with Gasteiger partial charge in [0.25, 0.3) is 5.56 Å². The molecule has 1 aromatic heterocycles. The van der Waals surface area contributed by atoms with Crippen molar-refractivity contribution in [2.24, 2.45) is 12.0 Å². The first-order chi connectivity index (χ1) is 13.1. The number of benzene rings is 3. The molecule has 27 heavy (non-hydrogen) atoms. The van der Waals surface area contributed by atoms with Crippen LogP contribution in [0.5, 0.6) is 5.75 Å². The molecule has 0 aliphatic heterocycles. The van der Waals surface area contributed by atoms with E-state index < -0.39 is 0 Å². The summed E-state index contributed by atoms with van der Waals surface area (Å²) in [4.78, 5) is 17.3. The quantitative estimate of drug-likeness (QED) is 0.561. The van der Waals surface area contributed by atoms with Gasteiger partial charge < -0.3 is 5.11 Å². The molecule has 4 aromatic rings. The first-order valence-corrected chi connectivity index (χ1v) is 8.66. The van der Waals surface area contributed by atoms with E-state index in [1.165, 1.54) is 0 Å². The number of nitrogens with zero attached hydrogens (tertiary/aromatic N) is 3. The van der Waals surface area contributed by atoms with Gasteiger partial charge in [-0.2, -0.15) is 0 Å². The Kier molecular flexibility index (Phi) is 4.12. The Bertz CT molecular complexity index is 1220. The molecule has 0 spiro atoms. The Morgan fingerprint density at radius 2 is 1.67 bits per heavy atom. The molecule has 134 valence electrons. The molecule has 1 N–H and O–H groups in total. The number of phenols is 1. The van der Waals surface area contributed by atoms with Crippen LogP contribution in [0.15, 0.2) is 76.5 Å². The third-order valence-electron chi connectivity index (χ3n) is 4.79. The highest BCUT2D eigenvalue weighted by atomic mass is 16.3. The second-order valence-electron chi connectivity index (χ2n) is 6.39. The summed E-state index contributed by atoms with van der Waals surface area (Å²) in [6.07, 6.45) is 1.54. The minimum Gasteiger partial charge on any atom is -0.507 e. The average molecular weight is 357 g/mol. The monoisotopic (exact) mass is 357 g/mol. The van der Waals surface area contributed by atoms with E-state index in [9.17, 15) is 9.90 Å². The zero-order chi connectivity index (χ0) is 19.0. The van der Waals surface area contributed by atoms with E-state index in [4.69, 9.17) is 0 Å². The van der Waals surface area contributed by atoms with Crippen molar-refractivity contribution in [1.82, 2.24) is 9.36 Å². The van der Waals surface area contributed by atoms with Crippen LogP contribution in [-0.4, -0.2) is 20.7 Å². The van der Waals surface area contributed by atoms with Crippen LogP contribution in [-0.2, 0) is 7.05 Å². The summed E-state index contributed by atoms with van der Waals surface area (Å²) in [5, 5.41) is 12.2. The van der Waals surface area contributed by atoms with Crippen molar-refractivity contribution < 1.29 is 5.11 Å². The summed E-state index contributed by atoms with van der Waals surface area (Å²) in [5.74, 6) is 0.161. The SMILES string of the molecule is Cc1c(N=Cc2ccc3ccccc3c2O)c(=O)n(-c2ccccc2)n1C. The summed E-state index contributed by atoms with van der Waals surface area (Å²) < 4.78 is 3.37. The van der Waals surface area contributed by atoms with E-state index in [0.717, 1.165) is 22.2 Å². The standard InChI is InChI=1S/C22H19N3O2/c1-15-20(22(27)25(24(15)2)18-9-4-3-5-10-18)23-14-17-13-12-16-8-6-7-11-19(16)21(17)26/h3-14,26H,1-2H3. The Morgan fingerprint density at radius 1 is 0.963 bits per heavy atom. The highest BCUT2D eigenvalue weighted by Gasteiger charge is 2.15. The first-order valence-electron chi connectivity index (χ1n) is 8.66. The van der Waals surface area contributed by atoms with Crippen LogP contribution in [0.3, 0.4) is 0 Å². The van der Waals surface area contributed by atoms with Gasteiger partial charge in [-0.3, -0.25) is 9.48 Å². The van der Waals surface area contributed by atoms with Gasteiger partial charge in [-0.1, -0.05) is 48.5 Å². The number of aliphatic imine (C=N–C) groups is 1. The molecule has 0 amide bonds. The molecule has 0 unspecified atom stereocenters. The molecule has 0 fully saturated rings. The molecule has 0 saturated carbocycles. The number of hydrogen-bond donors (Lipinski definition) is 1. The largest absolute Gasteiger partial charge is 0.507 e. The summed E-state index contributed by atoms with van der Waals surface area (Å²) in [5.41, 5.74) is 2.26. The zero-order valence-electron chi connectivity index (χ0n) is 15.1. The Hall–Kier alpha value is -3.60. The van der Waals surface area contributed by atoms with Crippen LogP contribution in [0.1, 0.15) is 11.3 Å². The number of fused-ring (bicyclic) bond motifs is 1. The van der Waals surface area contributed by atoms with Crippen LogP contribution in [0.4, 0.5) is 5.69 Å². The topological polar surface area (TPSA) is 59.5 Å². The van der Waals surface area contributed by atoms with Crippen LogP contribution in [0, 0.1) is 6.92 Å². The molecular formula is C22H19N3O2. The van der Waals surface area contributed by atoms with Crippen LogP contribution in [0.2, 0.25) is 0 Å². The number of hydrogen-bond acceptors (Lipinski definition) is 3. The third kappa shape index (κ3) is 2.83. The highest BCUT2D eigenvalue weighted by Crippen LogP contribution is 2.28. The maximum atomic E-state index is 12.9. The van der Waals surface area contributed by atoms with Gasteiger partial charge in [-0.25, -0.2) is 9.67 Å².